The van der Waals surface area contributed by atoms with Crippen molar-refractivity contribution in [2.75, 3.05) is 29.9 Å². The maximum absolute atomic E-state index is 12.0. The molecule has 1 aliphatic rings. The van der Waals surface area contributed by atoms with Gasteiger partial charge in [-0.25, -0.2) is 0 Å². The summed E-state index contributed by atoms with van der Waals surface area (Å²) in [5, 5.41) is 5.71. The van der Waals surface area contributed by atoms with Crippen LogP contribution in [0.2, 0.25) is 5.02 Å². The minimum absolute atomic E-state index is 0.113. The highest BCUT2D eigenvalue weighted by molar-refractivity contribution is 6.33. The molecule has 2 amide bonds. The Morgan fingerprint density at radius 1 is 1.00 bits per heavy atom. The highest BCUT2D eigenvalue weighted by atomic mass is 35.5. The predicted molar refractivity (Wildman–Crippen MR) is 100 cm³/mol. The van der Waals surface area contributed by atoms with Crippen molar-refractivity contribution in [2.24, 2.45) is 0 Å². The lowest BCUT2D eigenvalue weighted by Gasteiger charge is -2.17. The number of hydrogen-bond acceptors (Lipinski definition) is 3. The molecule has 0 bridgehead atoms. The van der Waals surface area contributed by atoms with E-state index >= 15 is 0 Å². The number of hydrogen-bond donors (Lipinski definition) is 2. The smallest absolute Gasteiger partial charge is 0.253 e. The predicted octanol–water partition coefficient (Wildman–Crippen LogP) is 3.31. The fraction of sp³-hybridized carbons (Fsp3) is 0.263. The van der Waals surface area contributed by atoms with Crippen LogP contribution < -0.4 is 15.5 Å². The molecule has 2 N–H and O–H groups in total. The van der Waals surface area contributed by atoms with Gasteiger partial charge in [0.1, 0.15) is 0 Å². The second kappa shape index (κ2) is 8.03. The topological polar surface area (TPSA) is 61.4 Å². The number of benzene rings is 2. The van der Waals surface area contributed by atoms with Crippen molar-refractivity contribution in [1.29, 1.82) is 0 Å². The number of anilines is 2. The van der Waals surface area contributed by atoms with Gasteiger partial charge in [0.15, 0.2) is 0 Å². The van der Waals surface area contributed by atoms with Gasteiger partial charge in [0.2, 0.25) is 5.91 Å². The molecule has 0 aliphatic carbocycles. The van der Waals surface area contributed by atoms with Crippen LogP contribution in [0.3, 0.4) is 0 Å². The van der Waals surface area contributed by atoms with Crippen LogP contribution in [-0.4, -0.2) is 31.4 Å². The van der Waals surface area contributed by atoms with Crippen LogP contribution in [0.1, 0.15) is 23.2 Å². The van der Waals surface area contributed by atoms with E-state index in [0.717, 1.165) is 13.1 Å². The highest BCUT2D eigenvalue weighted by Gasteiger charge is 2.13. The molecule has 3 rings (SSSR count). The Bertz CT molecular complexity index is 756. The molecule has 6 heteroatoms. The molecule has 1 saturated heterocycles. The first kappa shape index (κ1) is 17.3. The molecule has 2 aromatic carbocycles. The van der Waals surface area contributed by atoms with Crippen molar-refractivity contribution in [3.05, 3.63) is 59.1 Å². The molecule has 0 saturated carbocycles. The standard InChI is InChI=1S/C19H20ClN3O2/c20-17-6-2-1-5-16(17)19(25)21-13-18(24)22-14-7-9-15(10-8-14)23-11-3-4-12-23/h1-2,5-10H,3-4,11-13H2,(H,21,25)(H,22,24). The number of rotatable bonds is 5. The van der Waals surface area contributed by atoms with Gasteiger partial charge in [-0.2, -0.15) is 0 Å². The van der Waals surface area contributed by atoms with Crippen molar-refractivity contribution in [3.63, 3.8) is 0 Å². The lowest BCUT2D eigenvalue weighted by Crippen LogP contribution is -2.33. The van der Waals surface area contributed by atoms with Gasteiger partial charge >= 0.3 is 0 Å². The van der Waals surface area contributed by atoms with Crippen molar-refractivity contribution in [3.8, 4) is 0 Å². The Kier molecular flexibility index (Phi) is 5.56. The summed E-state index contributed by atoms with van der Waals surface area (Å²) in [4.78, 5) is 26.4. The van der Waals surface area contributed by atoms with Crippen LogP contribution in [0.5, 0.6) is 0 Å². The largest absolute Gasteiger partial charge is 0.372 e. The summed E-state index contributed by atoms with van der Waals surface area (Å²) >= 11 is 5.97. The normalized spacial score (nSPS) is 13.6. The van der Waals surface area contributed by atoms with E-state index in [9.17, 15) is 9.59 Å². The summed E-state index contributed by atoms with van der Waals surface area (Å²) in [6.45, 7) is 2.05. The third-order valence-electron chi connectivity index (χ3n) is 4.15. The summed E-state index contributed by atoms with van der Waals surface area (Å²) in [5.41, 5.74) is 2.23. The fourth-order valence-corrected chi connectivity index (χ4v) is 3.06. The first-order valence-corrected chi connectivity index (χ1v) is 8.69. The van der Waals surface area contributed by atoms with Gasteiger partial charge in [-0.05, 0) is 49.2 Å². The van der Waals surface area contributed by atoms with Gasteiger partial charge in [0.05, 0.1) is 17.1 Å². The summed E-state index contributed by atoms with van der Waals surface area (Å²) in [7, 11) is 0. The minimum Gasteiger partial charge on any atom is -0.372 e. The molecule has 5 nitrogen and oxygen atoms in total. The van der Waals surface area contributed by atoms with Crippen molar-refractivity contribution < 1.29 is 9.59 Å². The average Bonchev–Trinajstić information content (AvgIpc) is 3.15. The first-order chi connectivity index (χ1) is 12.1. The Balaban J connectivity index is 1.50. The van der Waals surface area contributed by atoms with E-state index in [-0.39, 0.29) is 18.4 Å². The quantitative estimate of drug-likeness (QED) is 0.863. The van der Waals surface area contributed by atoms with E-state index < -0.39 is 0 Å². The van der Waals surface area contributed by atoms with Crippen LogP contribution in [0, 0.1) is 0 Å². The maximum Gasteiger partial charge on any atom is 0.253 e. The number of nitrogens with one attached hydrogen (secondary N) is 2. The van der Waals surface area contributed by atoms with E-state index in [1.165, 1.54) is 18.5 Å². The molecule has 0 spiro atoms. The molecule has 1 fully saturated rings. The molecule has 1 heterocycles. The molecule has 130 valence electrons. The molecule has 25 heavy (non-hydrogen) atoms. The number of carbonyl (C=O) groups excluding carboxylic acids is 2. The van der Waals surface area contributed by atoms with Gasteiger partial charge in [0.25, 0.3) is 5.91 Å². The second-order valence-electron chi connectivity index (χ2n) is 5.95. The zero-order chi connectivity index (χ0) is 17.6. The van der Waals surface area contributed by atoms with Crippen LogP contribution >= 0.6 is 11.6 Å². The van der Waals surface area contributed by atoms with Crippen molar-refractivity contribution >= 4 is 34.8 Å². The van der Waals surface area contributed by atoms with E-state index in [2.05, 4.69) is 15.5 Å². The zero-order valence-electron chi connectivity index (χ0n) is 13.8. The van der Waals surface area contributed by atoms with E-state index in [0.29, 0.717) is 16.3 Å². The second-order valence-corrected chi connectivity index (χ2v) is 6.36. The fourth-order valence-electron chi connectivity index (χ4n) is 2.84. The van der Waals surface area contributed by atoms with Crippen LogP contribution in [-0.2, 0) is 4.79 Å². The van der Waals surface area contributed by atoms with Gasteiger partial charge in [-0.1, -0.05) is 23.7 Å². The lowest BCUT2D eigenvalue weighted by atomic mass is 10.2. The first-order valence-electron chi connectivity index (χ1n) is 8.31. The van der Waals surface area contributed by atoms with Crippen molar-refractivity contribution in [2.45, 2.75) is 12.8 Å². The zero-order valence-corrected chi connectivity index (χ0v) is 14.6. The molecule has 0 radical (unpaired) electrons. The van der Waals surface area contributed by atoms with Gasteiger partial charge in [0, 0.05) is 24.5 Å². The molecule has 0 unspecified atom stereocenters. The Labute approximate surface area is 152 Å². The number of nitrogens with zero attached hydrogens (tertiary/aromatic N) is 1. The van der Waals surface area contributed by atoms with Crippen LogP contribution in [0.25, 0.3) is 0 Å². The molecule has 0 atom stereocenters. The Morgan fingerprint density at radius 3 is 2.36 bits per heavy atom. The maximum atomic E-state index is 12.0. The molecular formula is C19H20ClN3O2. The van der Waals surface area contributed by atoms with E-state index in [1.807, 2.05) is 24.3 Å². The minimum atomic E-state index is -0.370. The van der Waals surface area contributed by atoms with Crippen LogP contribution in [0.4, 0.5) is 11.4 Å². The van der Waals surface area contributed by atoms with Gasteiger partial charge < -0.3 is 15.5 Å². The SMILES string of the molecule is O=C(CNC(=O)c1ccccc1Cl)Nc1ccc(N2CCCC2)cc1. The average molecular weight is 358 g/mol. The van der Waals surface area contributed by atoms with Crippen molar-refractivity contribution in [1.82, 2.24) is 5.32 Å². The van der Waals surface area contributed by atoms with Gasteiger partial charge in [-0.3, -0.25) is 9.59 Å². The molecular weight excluding hydrogens is 338 g/mol. The molecule has 0 aromatic heterocycles. The summed E-state index contributed by atoms with van der Waals surface area (Å²) in [5.74, 6) is -0.653. The van der Waals surface area contributed by atoms with Gasteiger partial charge in [-0.15, -0.1) is 0 Å². The number of halogens is 1. The summed E-state index contributed by atoms with van der Waals surface area (Å²) in [6.07, 6.45) is 2.45. The lowest BCUT2D eigenvalue weighted by molar-refractivity contribution is -0.115. The highest BCUT2D eigenvalue weighted by Crippen LogP contribution is 2.22. The van der Waals surface area contributed by atoms with E-state index in [1.54, 1.807) is 24.3 Å². The Hall–Kier alpha value is -2.53. The summed E-state index contributed by atoms with van der Waals surface area (Å²) < 4.78 is 0. The summed E-state index contributed by atoms with van der Waals surface area (Å²) in [6, 6.07) is 14.5. The van der Waals surface area contributed by atoms with E-state index in [4.69, 9.17) is 11.6 Å². The molecule has 2 aromatic rings. The third kappa shape index (κ3) is 4.51. The monoisotopic (exact) mass is 357 g/mol. The number of amides is 2. The third-order valence-corrected chi connectivity index (χ3v) is 4.48. The number of carbonyl (C=O) groups is 2. The van der Waals surface area contributed by atoms with Crippen LogP contribution in [0.15, 0.2) is 48.5 Å². The Morgan fingerprint density at radius 2 is 1.68 bits per heavy atom. The molecule has 1 aliphatic heterocycles.